The molecular formula is C13H10BrNO. The SMILES string of the molecule is Oc1ccc(Br)cc1/C=C/c1cccnc1. The zero-order chi connectivity index (χ0) is 11.4. The fraction of sp³-hybridized carbons (Fsp3) is 0. The fourth-order valence-corrected chi connectivity index (χ4v) is 1.70. The van der Waals surface area contributed by atoms with Gasteiger partial charge in [-0.25, -0.2) is 0 Å². The summed E-state index contributed by atoms with van der Waals surface area (Å²) < 4.78 is 0.941. The van der Waals surface area contributed by atoms with Crippen molar-refractivity contribution < 1.29 is 5.11 Å². The van der Waals surface area contributed by atoms with Crippen LogP contribution in [-0.2, 0) is 0 Å². The third-order valence-electron chi connectivity index (χ3n) is 2.13. The number of hydrogen-bond donors (Lipinski definition) is 1. The van der Waals surface area contributed by atoms with E-state index in [1.807, 2.05) is 30.4 Å². The molecule has 0 atom stereocenters. The van der Waals surface area contributed by atoms with Gasteiger partial charge in [0.25, 0.3) is 0 Å². The Morgan fingerprint density at radius 1 is 1.19 bits per heavy atom. The summed E-state index contributed by atoms with van der Waals surface area (Å²) in [7, 11) is 0. The fourth-order valence-electron chi connectivity index (χ4n) is 1.32. The van der Waals surface area contributed by atoms with E-state index >= 15 is 0 Å². The van der Waals surface area contributed by atoms with Gasteiger partial charge < -0.3 is 5.11 Å². The Balaban J connectivity index is 2.27. The number of hydrogen-bond acceptors (Lipinski definition) is 2. The van der Waals surface area contributed by atoms with E-state index in [1.165, 1.54) is 0 Å². The molecule has 0 radical (unpaired) electrons. The summed E-state index contributed by atoms with van der Waals surface area (Å²) in [6, 6.07) is 9.16. The van der Waals surface area contributed by atoms with Crippen LogP contribution in [0.25, 0.3) is 12.2 Å². The number of aromatic hydroxyl groups is 1. The number of nitrogens with zero attached hydrogens (tertiary/aromatic N) is 1. The molecule has 0 aliphatic rings. The molecule has 0 bridgehead atoms. The van der Waals surface area contributed by atoms with E-state index in [0.29, 0.717) is 0 Å². The van der Waals surface area contributed by atoms with Crippen LogP contribution in [0.5, 0.6) is 5.75 Å². The van der Waals surface area contributed by atoms with Crippen molar-refractivity contribution in [1.82, 2.24) is 4.98 Å². The van der Waals surface area contributed by atoms with Gasteiger partial charge in [0.1, 0.15) is 5.75 Å². The summed E-state index contributed by atoms with van der Waals surface area (Å²) >= 11 is 3.37. The molecule has 80 valence electrons. The molecule has 16 heavy (non-hydrogen) atoms. The van der Waals surface area contributed by atoms with E-state index in [-0.39, 0.29) is 5.75 Å². The van der Waals surface area contributed by atoms with Gasteiger partial charge in [-0.2, -0.15) is 0 Å². The van der Waals surface area contributed by atoms with E-state index in [4.69, 9.17) is 0 Å². The molecule has 0 saturated carbocycles. The Labute approximate surface area is 102 Å². The highest BCUT2D eigenvalue weighted by Crippen LogP contribution is 2.23. The van der Waals surface area contributed by atoms with Crippen LogP contribution >= 0.6 is 15.9 Å². The first-order valence-electron chi connectivity index (χ1n) is 4.82. The standard InChI is InChI=1S/C13H10BrNO/c14-12-5-6-13(16)11(8-12)4-3-10-2-1-7-15-9-10/h1-9,16H/b4-3+. The van der Waals surface area contributed by atoms with Crippen molar-refractivity contribution in [2.75, 3.05) is 0 Å². The second kappa shape index (κ2) is 4.94. The Morgan fingerprint density at radius 2 is 2.06 bits per heavy atom. The van der Waals surface area contributed by atoms with E-state index in [9.17, 15) is 5.11 Å². The lowest BCUT2D eigenvalue weighted by molar-refractivity contribution is 0.474. The minimum atomic E-state index is 0.267. The van der Waals surface area contributed by atoms with Crippen molar-refractivity contribution in [1.29, 1.82) is 0 Å². The Bertz CT molecular complexity index is 509. The normalized spacial score (nSPS) is 10.8. The highest BCUT2D eigenvalue weighted by Gasteiger charge is 1.97. The molecule has 1 N–H and O–H groups in total. The number of pyridine rings is 1. The Kier molecular flexibility index (Phi) is 3.37. The first kappa shape index (κ1) is 10.9. The quantitative estimate of drug-likeness (QED) is 0.906. The number of benzene rings is 1. The summed E-state index contributed by atoms with van der Waals surface area (Å²) in [6.07, 6.45) is 7.27. The second-order valence-corrected chi connectivity index (χ2v) is 4.24. The van der Waals surface area contributed by atoms with Gasteiger partial charge in [0, 0.05) is 22.4 Å². The number of aromatic nitrogens is 1. The lowest BCUT2D eigenvalue weighted by Crippen LogP contribution is -1.76. The molecule has 0 amide bonds. The number of halogens is 1. The van der Waals surface area contributed by atoms with Crippen LogP contribution in [0.3, 0.4) is 0 Å². The topological polar surface area (TPSA) is 33.1 Å². The molecule has 0 saturated heterocycles. The number of phenols is 1. The summed E-state index contributed by atoms with van der Waals surface area (Å²) in [5, 5.41) is 9.63. The van der Waals surface area contributed by atoms with Crippen molar-refractivity contribution in [3.8, 4) is 5.75 Å². The predicted molar refractivity (Wildman–Crippen MR) is 69.0 cm³/mol. The number of phenolic OH excluding ortho intramolecular Hbond substituents is 1. The molecule has 1 heterocycles. The largest absolute Gasteiger partial charge is 0.507 e. The molecule has 2 nitrogen and oxygen atoms in total. The summed E-state index contributed by atoms with van der Waals surface area (Å²) in [5.74, 6) is 0.267. The highest BCUT2D eigenvalue weighted by atomic mass is 79.9. The molecule has 3 heteroatoms. The van der Waals surface area contributed by atoms with Gasteiger partial charge in [-0.3, -0.25) is 4.98 Å². The molecule has 2 rings (SSSR count). The zero-order valence-corrected chi connectivity index (χ0v) is 10.1. The van der Waals surface area contributed by atoms with Crippen LogP contribution < -0.4 is 0 Å². The smallest absolute Gasteiger partial charge is 0.122 e. The lowest BCUT2D eigenvalue weighted by Gasteiger charge is -1.99. The average Bonchev–Trinajstić information content (AvgIpc) is 2.32. The van der Waals surface area contributed by atoms with Crippen LogP contribution in [0, 0.1) is 0 Å². The molecular weight excluding hydrogens is 266 g/mol. The Morgan fingerprint density at radius 3 is 2.81 bits per heavy atom. The van der Waals surface area contributed by atoms with Crippen LogP contribution in [0.15, 0.2) is 47.2 Å². The van der Waals surface area contributed by atoms with Crippen molar-refractivity contribution >= 4 is 28.1 Å². The average molecular weight is 276 g/mol. The van der Waals surface area contributed by atoms with Gasteiger partial charge >= 0.3 is 0 Å². The maximum Gasteiger partial charge on any atom is 0.122 e. The molecule has 1 aromatic heterocycles. The van der Waals surface area contributed by atoms with Crippen molar-refractivity contribution in [2.45, 2.75) is 0 Å². The van der Waals surface area contributed by atoms with Gasteiger partial charge in [-0.1, -0.05) is 34.1 Å². The van der Waals surface area contributed by atoms with Crippen LogP contribution in [0.4, 0.5) is 0 Å². The van der Waals surface area contributed by atoms with Crippen molar-refractivity contribution in [2.24, 2.45) is 0 Å². The third-order valence-corrected chi connectivity index (χ3v) is 2.62. The van der Waals surface area contributed by atoms with Crippen molar-refractivity contribution in [3.63, 3.8) is 0 Å². The molecule has 2 aromatic rings. The zero-order valence-electron chi connectivity index (χ0n) is 8.47. The monoisotopic (exact) mass is 275 g/mol. The van der Waals surface area contributed by atoms with Crippen molar-refractivity contribution in [3.05, 3.63) is 58.3 Å². The van der Waals surface area contributed by atoms with Gasteiger partial charge in [-0.05, 0) is 29.8 Å². The maximum atomic E-state index is 9.63. The first-order chi connectivity index (χ1) is 7.75. The van der Waals surface area contributed by atoms with Gasteiger partial charge in [-0.15, -0.1) is 0 Å². The van der Waals surface area contributed by atoms with Gasteiger partial charge in [0.15, 0.2) is 0 Å². The second-order valence-electron chi connectivity index (χ2n) is 3.32. The molecule has 0 aliphatic heterocycles. The van der Waals surface area contributed by atoms with E-state index < -0.39 is 0 Å². The Hall–Kier alpha value is -1.61. The summed E-state index contributed by atoms with van der Waals surface area (Å²) in [4.78, 5) is 4.01. The van der Waals surface area contributed by atoms with E-state index in [0.717, 1.165) is 15.6 Å². The molecule has 0 fully saturated rings. The molecule has 1 aromatic carbocycles. The minimum Gasteiger partial charge on any atom is -0.507 e. The minimum absolute atomic E-state index is 0.267. The molecule has 0 unspecified atom stereocenters. The van der Waals surface area contributed by atoms with E-state index in [1.54, 1.807) is 24.5 Å². The number of rotatable bonds is 2. The van der Waals surface area contributed by atoms with Crippen LogP contribution in [0.1, 0.15) is 11.1 Å². The molecule has 0 aliphatic carbocycles. The van der Waals surface area contributed by atoms with Gasteiger partial charge in [0.2, 0.25) is 0 Å². The third kappa shape index (κ3) is 2.70. The van der Waals surface area contributed by atoms with Crippen LogP contribution in [-0.4, -0.2) is 10.1 Å². The van der Waals surface area contributed by atoms with Gasteiger partial charge in [0.05, 0.1) is 0 Å². The van der Waals surface area contributed by atoms with Crippen LogP contribution in [0.2, 0.25) is 0 Å². The maximum absolute atomic E-state index is 9.63. The van der Waals surface area contributed by atoms with E-state index in [2.05, 4.69) is 20.9 Å². The summed E-state index contributed by atoms with van der Waals surface area (Å²) in [5.41, 5.74) is 1.78. The predicted octanol–water partition coefficient (Wildman–Crippen LogP) is 3.72. The lowest BCUT2D eigenvalue weighted by atomic mass is 10.1. The summed E-state index contributed by atoms with van der Waals surface area (Å²) in [6.45, 7) is 0. The highest BCUT2D eigenvalue weighted by molar-refractivity contribution is 9.10. The molecule has 0 spiro atoms. The first-order valence-corrected chi connectivity index (χ1v) is 5.61.